The van der Waals surface area contributed by atoms with Crippen LogP contribution in [0.4, 0.5) is 0 Å². The Morgan fingerprint density at radius 1 is 1.15 bits per heavy atom. The van der Waals surface area contributed by atoms with E-state index in [0.717, 1.165) is 12.8 Å². The highest BCUT2D eigenvalue weighted by atomic mass is 16.3. The summed E-state index contributed by atoms with van der Waals surface area (Å²) in [5.41, 5.74) is 0.147. The summed E-state index contributed by atoms with van der Waals surface area (Å²) in [6.45, 7) is 3.65. The van der Waals surface area contributed by atoms with Crippen molar-refractivity contribution < 1.29 is 19.5 Å². The van der Waals surface area contributed by atoms with Crippen LogP contribution in [0.1, 0.15) is 26.7 Å². The summed E-state index contributed by atoms with van der Waals surface area (Å²) >= 11 is 0. The van der Waals surface area contributed by atoms with E-state index in [1.165, 1.54) is 6.08 Å². The Bertz CT molecular complexity index is 632. The van der Waals surface area contributed by atoms with Gasteiger partial charge < -0.3 is 10.4 Å². The van der Waals surface area contributed by atoms with E-state index in [9.17, 15) is 19.5 Å². The number of Topliss-reactive ketones (excluding diaryl/α,β-unsaturated/α-hetero) is 2. The lowest BCUT2D eigenvalue weighted by Crippen LogP contribution is -2.28. The van der Waals surface area contributed by atoms with Crippen LogP contribution in [0.15, 0.2) is 46.4 Å². The molecule has 20 heavy (non-hydrogen) atoms. The third kappa shape index (κ3) is 2.01. The van der Waals surface area contributed by atoms with Crippen molar-refractivity contribution in [2.75, 3.05) is 0 Å². The van der Waals surface area contributed by atoms with E-state index in [2.05, 4.69) is 5.32 Å². The van der Waals surface area contributed by atoms with Gasteiger partial charge in [0.2, 0.25) is 11.6 Å². The van der Waals surface area contributed by atoms with Crippen molar-refractivity contribution in [2.45, 2.75) is 26.7 Å². The molecule has 1 heterocycles. The fraction of sp³-hybridized carbons (Fsp3) is 0.267. The summed E-state index contributed by atoms with van der Waals surface area (Å²) in [6.07, 6.45) is 6.37. The molecule has 0 saturated heterocycles. The highest BCUT2D eigenvalue weighted by Gasteiger charge is 2.42. The average Bonchev–Trinajstić information content (AvgIpc) is 2.77. The largest absolute Gasteiger partial charge is 0.506 e. The highest BCUT2D eigenvalue weighted by molar-refractivity contribution is 6.56. The number of amides is 1. The molecule has 104 valence electrons. The topological polar surface area (TPSA) is 83.5 Å². The Morgan fingerprint density at radius 2 is 1.85 bits per heavy atom. The van der Waals surface area contributed by atoms with Crippen molar-refractivity contribution >= 4 is 17.5 Å². The summed E-state index contributed by atoms with van der Waals surface area (Å²) in [7, 11) is 0. The van der Waals surface area contributed by atoms with Crippen molar-refractivity contribution in [1.29, 1.82) is 0 Å². The van der Waals surface area contributed by atoms with Crippen LogP contribution < -0.4 is 5.32 Å². The first-order valence-corrected chi connectivity index (χ1v) is 6.44. The van der Waals surface area contributed by atoms with Gasteiger partial charge in [0, 0.05) is 5.70 Å². The van der Waals surface area contributed by atoms with Crippen molar-refractivity contribution in [1.82, 2.24) is 5.32 Å². The molecule has 0 bridgehead atoms. The van der Waals surface area contributed by atoms with Gasteiger partial charge in [-0.25, -0.2) is 0 Å². The summed E-state index contributed by atoms with van der Waals surface area (Å²) in [4.78, 5) is 35.7. The van der Waals surface area contributed by atoms with Crippen molar-refractivity contribution in [3.05, 3.63) is 46.4 Å². The molecule has 0 radical (unpaired) electrons. The molecule has 0 saturated carbocycles. The fourth-order valence-electron chi connectivity index (χ4n) is 2.18. The maximum Gasteiger partial charge on any atom is 0.260 e. The standard InChI is InChI=1S/C15H15NO4/c1-3-5-6-7-8-12(17)10-9(4-2)16-15(20)11(10)14(19)13(8)18/h4,6-7,17H,3,5H2,1-2H3,(H,16,20)/b7-6+,9-4-. The predicted octanol–water partition coefficient (Wildman–Crippen LogP) is 1.64. The third-order valence-electron chi connectivity index (χ3n) is 3.19. The molecule has 1 aliphatic heterocycles. The van der Waals surface area contributed by atoms with Crippen LogP contribution in [0.2, 0.25) is 0 Å². The molecule has 2 rings (SSSR count). The van der Waals surface area contributed by atoms with Crippen LogP contribution in [0.5, 0.6) is 0 Å². The maximum atomic E-state index is 12.0. The lowest BCUT2D eigenvalue weighted by Gasteiger charge is -2.13. The predicted molar refractivity (Wildman–Crippen MR) is 72.6 cm³/mol. The van der Waals surface area contributed by atoms with Gasteiger partial charge in [0.1, 0.15) is 11.3 Å². The van der Waals surface area contributed by atoms with Crippen molar-refractivity contribution in [2.24, 2.45) is 0 Å². The number of nitrogens with one attached hydrogen (secondary N) is 1. The van der Waals surface area contributed by atoms with Gasteiger partial charge in [0.05, 0.1) is 11.1 Å². The molecule has 5 nitrogen and oxygen atoms in total. The molecule has 0 aromatic carbocycles. The van der Waals surface area contributed by atoms with E-state index < -0.39 is 17.5 Å². The molecular weight excluding hydrogens is 258 g/mol. The number of rotatable bonds is 3. The number of unbranched alkanes of at least 4 members (excludes halogenated alkanes) is 1. The van der Waals surface area contributed by atoms with Gasteiger partial charge in [-0.15, -0.1) is 0 Å². The highest BCUT2D eigenvalue weighted by Crippen LogP contribution is 2.33. The lowest BCUT2D eigenvalue weighted by molar-refractivity contribution is -0.133. The minimum atomic E-state index is -0.872. The first kappa shape index (κ1) is 14.0. The zero-order valence-corrected chi connectivity index (χ0v) is 11.3. The molecule has 0 atom stereocenters. The number of ketones is 2. The summed E-state index contributed by atoms with van der Waals surface area (Å²) in [5, 5.41) is 12.7. The number of allylic oxidation sites excluding steroid dienone is 4. The summed E-state index contributed by atoms with van der Waals surface area (Å²) in [5.74, 6) is -2.68. The molecule has 0 aromatic heterocycles. The first-order chi connectivity index (χ1) is 9.52. The van der Waals surface area contributed by atoms with E-state index in [0.29, 0.717) is 5.70 Å². The summed E-state index contributed by atoms with van der Waals surface area (Å²) in [6, 6.07) is 0. The number of carbonyl (C=O) groups is 3. The fourth-order valence-corrected chi connectivity index (χ4v) is 2.18. The van der Waals surface area contributed by atoms with Crippen LogP contribution in [0.3, 0.4) is 0 Å². The number of aliphatic hydroxyl groups is 1. The number of aliphatic hydroxyl groups excluding tert-OH is 1. The number of hydrogen-bond donors (Lipinski definition) is 2. The zero-order chi connectivity index (χ0) is 14.9. The normalized spacial score (nSPS) is 21.3. The molecule has 2 N–H and O–H groups in total. The van der Waals surface area contributed by atoms with Crippen molar-refractivity contribution in [3.63, 3.8) is 0 Å². The van der Waals surface area contributed by atoms with E-state index in [1.54, 1.807) is 19.1 Å². The molecular formula is C15H15NO4. The van der Waals surface area contributed by atoms with Gasteiger partial charge in [-0.3, -0.25) is 14.4 Å². The Morgan fingerprint density at radius 3 is 2.45 bits per heavy atom. The molecule has 0 aromatic rings. The molecule has 1 aliphatic carbocycles. The average molecular weight is 273 g/mol. The molecule has 5 heteroatoms. The lowest BCUT2D eigenvalue weighted by atomic mass is 9.88. The van der Waals surface area contributed by atoms with Gasteiger partial charge in [0.25, 0.3) is 5.91 Å². The van der Waals surface area contributed by atoms with Crippen LogP contribution in [0, 0.1) is 0 Å². The Balaban J connectivity index is 2.59. The van der Waals surface area contributed by atoms with Gasteiger partial charge in [-0.05, 0) is 13.3 Å². The number of carbonyl (C=O) groups excluding carboxylic acids is 3. The van der Waals surface area contributed by atoms with Crippen LogP contribution in [0.25, 0.3) is 0 Å². The molecule has 2 aliphatic rings. The first-order valence-electron chi connectivity index (χ1n) is 6.44. The quantitative estimate of drug-likeness (QED) is 0.465. The monoisotopic (exact) mass is 273 g/mol. The van der Waals surface area contributed by atoms with Gasteiger partial charge in [-0.1, -0.05) is 31.6 Å². The molecule has 0 fully saturated rings. The molecule has 0 spiro atoms. The number of hydrogen-bond acceptors (Lipinski definition) is 4. The molecule has 0 unspecified atom stereocenters. The third-order valence-corrected chi connectivity index (χ3v) is 3.19. The van der Waals surface area contributed by atoms with Crippen LogP contribution in [-0.4, -0.2) is 22.6 Å². The van der Waals surface area contributed by atoms with Gasteiger partial charge in [-0.2, -0.15) is 0 Å². The minimum absolute atomic E-state index is 0.0574. The van der Waals surface area contributed by atoms with Crippen LogP contribution in [-0.2, 0) is 14.4 Å². The Labute approximate surface area is 116 Å². The zero-order valence-electron chi connectivity index (χ0n) is 11.3. The van der Waals surface area contributed by atoms with Gasteiger partial charge in [0.15, 0.2) is 0 Å². The van der Waals surface area contributed by atoms with E-state index in [4.69, 9.17) is 0 Å². The van der Waals surface area contributed by atoms with Gasteiger partial charge >= 0.3 is 0 Å². The smallest absolute Gasteiger partial charge is 0.260 e. The van der Waals surface area contributed by atoms with E-state index in [-0.39, 0.29) is 22.5 Å². The summed E-state index contributed by atoms with van der Waals surface area (Å²) < 4.78 is 0. The second-order valence-electron chi connectivity index (χ2n) is 4.52. The van der Waals surface area contributed by atoms with E-state index >= 15 is 0 Å². The minimum Gasteiger partial charge on any atom is -0.506 e. The van der Waals surface area contributed by atoms with Crippen LogP contribution >= 0.6 is 0 Å². The Kier molecular flexibility index (Phi) is 3.70. The molecule has 1 amide bonds. The Hall–Kier alpha value is -2.43. The second-order valence-corrected chi connectivity index (χ2v) is 4.52. The maximum absolute atomic E-state index is 12.0. The SMILES string of the molecule is C/C=C1\NC(=O)C2=C1C(O)=C(/C=C/CCC)C(=O)C2=O. The second kappa shape index (κ2) is 5.28. The van der Waals surface area contributed by atoms with E-state index in [1.807, 2.05) is 6.92 Å². The van der Waals surface area contributed by atoms with Crippen molar-refractivity contribution in [3.8, 4) is 0 Å².